The second-order valence-corrected chi connectivity index (χ2v) is 10.7. The molecule has 0 bridgehead atoms. The Labute approximate surface area is 242 Å². The number of hydrogen-bond acceptors (Lipinski definition) is 7. The molecule has 0 aromatic heterocycles. The zero-order valence-corrected chi connectivity index (χ0v) is 24.5. The summed E-state index contributed by atoms with van der Waals surface area (Å²) in [4.78, 5) is 15.8. The van der Waals surface area contributed by atoms with Crippen molar-refractivity contribution in [2.45, 2.75) is 58.0 Å². The molecule has 0 aliphatic carbocycles. The Balaban J connectivity index is 1.78. The number of carbonyl (C=O) groups excluding carboxylic acids is 1. The fraction of sp³-hybridized carbons (Fsp3) is 0.594. The van der Waals surface area contributed by atoms with Crippen LogP contribution in [0.4, 0.5) is 0 Å². The van der Waals surface area contributed by atoms with Crippen LogP contribution in [0.3, 0.4) is 0 Å². The van der Waals surface area contributed by atoms with E-state index in [2.05, 4.69) is 68.6 Å². The van der Waals surface area contributed by atoms with Gasteiger partial charge in [0.2, 0.25) is 0 Å². The number of nitrogens with two attached hydrogens (primary N) is 2. The Morgan fingerprint density at radius 1 is 0.650 bits per heavy atom. The van der Waals surface area contributed by atoms with E-state index in [0.29, 0.717) is 6.54 Å². The maximum Gasteiger partial charge on any atom is 0.254 e. The number of piperidine rings is 1. The summed E-state index contributed by atoms with van der Waals surface area (Å²) in [6.45, 7) is 10.2. The highest BCUT2D eigenvalue weighted by Crippen LogP contribution is 2.30. The van der Waals surface area contributed by atoms with Gasteiger partial charge in [-0.15, -0.1) is 0 Å². The van der Waals surface area contributed by atoms with Crippen molar-refractivity contribution in [3.63, 3.8) is 0 Å². The van der Waals surface area contributed by atoms with Gasteiger partial charge in [0.05, 0.1) is 0 Å². The smallest absolute Gasteiger partial charge is 0.254 e. The van der Waals surface area contributed by atoms with Crippen molar-refractivity contribution in [2.24, 2.45) is 11.5 Å². The van der Waals surface area contributed by atoms with Gasteiger partial charge in [0.1, 0.15) is 0 Å². The third kappa shape index (κ3) is 10.9. The third-order valence-electron chi connectivity index (χ3n) is 7.52. The number of nitrogens with one attached hydrogen (secondary N) is 4. The van der Waals surface area contributed by atoms with E-state index in [4.69, 9.17) is 11.5 Å². The Morgan fingerprint density at radius 2 is 1.20 bits per heavy atom. The Morgan fingerprint density at radius 3 is 1.80 bits per heavy atom. The van der Waals surface area contributed by atoms with Crippen LogP contribution in [-0.2, 0) is 13.1 Å². The maximum atomic E-state index is 13.8. The maximum absolute atomic E-state index is 13.8. The molecule has 0 atom stereocenters. The molecule has 1 aliphatic rings. The molecule has 8 N–H and O–H groups in total. The third-order valence-corrected chi connectivity index (χ3v) is 7.52. The van der Waals surface area contributed by atoms with Crippen molar-refractivity contribution in [3.8, 4) is 11.1 Å². The SMILES string of the molecule is NCCCNCCCNCc1c(C(=O)N2CCCCC2)ccc(-c2ccccc2)c1CNCCCNCCCN. The number of benzene rings is 2. The standard InChI is InChI=1S/C32H53N7O/c33-15-7-17-35-19-9-21-37-25-30-28(27-11-3-1-4-12-27)13-14-29(32(40)39-23-5-2-6-24-39)31(30)26-38-22-10-20-36-18-8-16-34/h1,3-4,11-14,35-38H,2,5-10,15-26,33-34H2. The van der Waals surface area contributed by atoms with Gasteiger partial charge in [-0.05, 0) is 126 Å². The molecule has 3 rings (SSSR count). The fourth-order valence-electron chi connectivity index (χ4n) is 5.26. The molecule has 2 aromatic rings. The van der Waals surface area contributed by atoms with Crippen molar-refractivity contribution in [3.05, 3.63) is 59.2 Å². The molecule has 2 aromatic carbocycles. The topological polar surface area (TPSA) is 120 Å². The van der Waals surface area contributed by atoms with E-state index in [9.17, 15) is 4.79 Å². The minimum Gasteiger partial charge on any atom is -0.339 e. The lowest BCUT2D eigenvalue weighted by atomic mass is 9.90. The first kappa shape index (κ1) is 32.2. The molecule has 1 amide bonds. The number of likely N-dealkylation sites (tertiary alicyclic amines) is 1. The molecular weight excluding hydrogens is 498 g/mol. The van der Waals surface area contributed by atoms with Gasteiger partial charge < -0.3 is 37.6 Å². The van der Waals surface area contributed by atoms with Crippen molar-refractivity contribution in [1.82, 2.24) is 26.2 Å². The zero-order chi connectivity index (χ0) is 28.3. The molecule has 40 heavy (non-hydrogen) atoms. The van der Waals surface area contributed by atoms with E-state index in [-0.39, 0.29) is 5.91 Å². The summed E-state index contributed by atoms with van der Waals surface area (Å²) < 4.78 is 0. The van der Waals surface area contributed by atoms with Crippen LogP contribution in [0.15, 0.2) is 42.5 Å². The summed E-state index contributed by atoms with van der Waals surface area (Å²) >= 11 is 0. The van der Waals surface area contributed by atoms with Crippen LogP contribution in [0.2, 0.25) is 0 Å². The van der Waals surface area contributed by atoms with Crippen LogP contribution in [-0.4, -0.2) is 76.3 Å². The largest absolute Gasteiger partial charge is 0.339 e. The average molecular weight is 552 g/mol. The molecule has 0 radical (unpaired) electrons. The van der Waals surface area contributed by atoms with E-state index in [1.807, 2.05) is 0 Å². The summed E-state index contributed by atoms with van der Waals surface area (Å²) in [5, 5.41) is 14.2. The van der Waals surface area contributed by atoms with Crippen LogP contribution >= 0.6 is 0 Å². The van der Waals surface area contributed by atoms with Crippen LogP contribution in [0.5, 0.6) is 0 Å². The lowest BCUT2D eigenvalue weighted by Crippen LogP contribution is -2.37. The fourth-order valence-corrected chi connectivity index (χ4v) is 5.26. The van der Waals surface area contributed by atoms with Crippen molar-refractivity contribution in [2.75, 3.05) is 65.4 Å². The van der Waals surface area contributed by atoms with Crippen molar-refractivity contribution < 1.29 is 4.79 Å². The summed E-state index contributed by atoms with van der Waals surface area (Å²) in [7, 11) is 0. The average Bonchev–Trinajstić information content (AvgIpc) is 3.00. The molecule has 1 saturated heterocycles. The molecule has 1 fully saturated rings. The molecule has 8 heteroatoms. The van der Waals surface area contributed by atoms with Crippen LogP contribution < -0.4 is 32.7 Å². The first-order valence-electron chi connectivity index (χ1n) is 15.5. The van der Waals surface area contributed by atoms with Gasteiger partial charge >= 0.3 is 0 Å². The molecule has 8 nitrogen and oxygen atoms in total. The highest BCUT2D eigenvalue weighted by molar-refractivity contribution is 5.97. The lowest BCUT2D eigenvalue weighted by Gasteiger charge is -2.29. The summed E-state index contributed by atoms with van der Waals surface area (Å²) in [6.07, 6.45) is 7.47. The molecule has 222 valence electrons. The first-order chi connectivity index (χ1) is 19.8. The van der Waals surface area contributed by atoms with Gasteiger partial charge in [0, 0.05) is 31.7 Å². The van der Waals surface area contributed by atoms with Crippen molar-refractivity contribution >= 4 is 5.91 Å². The number of carbonyl (C=O) groups is 1. The molecule has 0 spiro atoms. The predicted octanol–water partition coefficient (Wildman–Crippen LogP) is 2.82. The Kier molecular flexibility index (Phi) is 15.8. The number of amides is 1. The summed E-state index contributed by atoms with van der Waals surface area (Å²) in [5.74, 6) is 0.171. The molecule has 0 saturated carbocycles. The minimum atomic E-state index is 0.171. The summed E-state index contributed by atoms with van der Waals surface area (Å²) in [5.41, 5.74) is 16.8. The van der Waals surface area contributed by atoms with Gasteiger partial charge in [0.15, 0.2) is 0 Å². The normalized spacial score (nSPS) is 13.6. The van der Waals surface area contributed by atoms with Crippen LogP contribution in [0.25, 0.3) is 11.1 Å². The van der Waals surface area contributed by atoms with E-state index < -0.39 is 0 Å². The highest BCUT2D eigenvalue weighted by atomic mass is 16.2. The van der Waals surface area contributed by atoms with Crippen molar-refractivity contribution in [1.29, 1.82) is 0 Å². The molecule has 1 heterocycles. The Bertz CT molecular complexity index is 963. The van der Waals surface area contributed by atoms with Crippen LogP contribution in [0.1, 0.15) is 66.4 Å². The van der Waals surface area contributed by atoms with Gasteiger partial charge in [0.25, 0.3) is 5.91 Å². The molecule has 0 unspecified atom stereocenters. The Hall–Kier alpha value is -2.33. The van der Waals surface area contributed by atoms with Crippen LogP contribution in [0, 0.1) is 0 Å². The predicted molar refractivity (Wildman–Crippen MR) is 167 cm³/mol. The summed E-state index contributed by atoms with van der Waals surface area (Å²) in [6, 6.07) is 14.8. The molecular formula is C32H53N7O. The second kappa shape index (κ2) is 19.7. The van der Waals surface area contributed by atoms with E-state index in [1.165, 1.54) is 23.1 Å². The number of nitrogens with zero attached hydrogens (tertiary/aromatic N) is 1. The minimum absolute atomic E-state index is 0.171. The van der Waals surface area contributed by atoms with E-state index >= 15 is 0 Å². The number of rotatable bonds is 20. The van der Waals surface area contributed by atoms with Gasteiger partial charge in [-0.1, -0.05) is 36.4 Å². The lowest BCUT2D eigenvalue weighted by molar-refractivity contribution is 0.0723. The second-order valence-electron chi connectivity index (χ2n) is 10.7. The van der Waals surface area contributed by atoms with Gasteiger partial charge in [-0.2, -0.15) is 0 Å². The molecule has 1 aliphatic heterocycles. The zero-order valence-electron chi connectivity index (χ0n) is 24.5. The van der Waals surface area contributed by atoms with Gasteiger partial charge in [-0.25, -0.2) is 0 Å². The quantitative estimate of drug-likeness (QED) is 0.140. The highest BCUT2D eigenvalue weighted by Gasteiger charge is 2.24. The van der Waals surface area contributed by atoms with Gasteiger partial charge in [-0.3, -0.25) is 4.79 Å². The number of hydrogen-bond donors (Lipinski definition) is 6. The monoisotopic (exact) mass is 551 g/mol. The van der Waals surface area contributed by atoms with E-state index in [0.717, 1.165) is 122 Å². The van der Waals surface area contributed by atoms with E-state index in [1.54, 1.807) is 0 Å². The first-order valence-corrected chi connectivity index (χ1v) is 15.5.